The van der Waals surface area contributed by atoms with Crippen LogP contribution in [0.5, 0.6) is 0 Å². The second-order valence-corrected chi connectivity index (χ2v) is 10.2. The van der Waals surface area contributed by atoms with E-state index in [1.54, 1.807) is 0 Å². The molecule has 0 bridgehead atoms. The molecule has 6 nitrogen and oxygen atoms in total. The second kappa shape index (κ2) is 8.31. The number of aryl methyl sites for hydroxylation is 3. The summed E-state index contributed by atoms with van der Waals surface area (Å²) in [6, 6.07) is 9.51. The van der Waals surface area contributed by atoms with E-state index in [2.05, 4.69) is 9.44 Å². The van der Waals surface area contributed by atoms with Crippen LogP contribution in [0.1, 0.15) is 36.5 Å². The van der Waals surface area contributed by atoms with Crippen molar-refractivity contribution in [2.45, 2.75) is 45.4 Å². The highest BCUT2D eigenvalue weighted by Gasteiger charge is 2.17. The van der Waals surface area contributed by atoms with Gasteiger partial charge in [-0.05, 0) is 62.6 Å². The Bertz CT molecular complexity index is 989. The van der Waals surface area contributed by atoms with Gasteiger partial charge in [-0.1, -0.05) is 31.0 Å². The number of rotatable bonds is 8. The molecular weight excluding hydrogens is 384 g/mol. The predicted molar refractivity (Wildman–Crippen MR) is 110 cm³/mol. The molecule has 0 unspecified atom stereocenters. The van der Waals surface area contributed by atoms with Gasteiger partial charge in [0.15, 0.2) is 0 Å². The molecule has 0 atom stereocenters. The molecule has 2 aromatic carbocycles. The van der Waals surface area contributed by atoms with Crippen molar-refractivity contribution in [1.29, 1.82) is 0 Å². The number of anilines is 2. The van der Waals surface area contributed by atoms with Crippen molar-refractivity contribution in [1.82, 2.24) is 0 Å². The molecule has 0 radical (unpaired) electrons. The van der Waals surface area contributed by atoms with E-state index < -0.39 is 20.0 Å². The van der Waals surface area contributed by atoms with E-state index in [0.717, 1.165) is 23.1 Å². The van der Waals surface area contributed by atoms with Gasteiger partial charge in [0.2, 0.25) is 10.0 Å². The molecule has 2 rings (SSSR count). The maximum Gasteiger partial charge on any atom is 0.261 e. The Labute approximate surface area is 162 Å². The Morgan fingerprint density at radius 3 is 1.93 bits per heavy atom. The first-order chi connectivity index (χ1) is 12.5. The first kappa shape index (κ1) is 21.2. The van der Waals surface area contributed by atoms with Gasteiger partial charge in [0.1, 0.15) is 0 Å². The molecule has 0 aromatic heterocycles. The lowest BCUT2D eigenvalue weighted by molar-refractivity contribution is 0.597. The zero-order chi connectivity index (χ0) is 20.2. The third-order valence-corrected chi connectivity index (χ3v) is 6.86. The van der Waals surface area contributed by atoms with Gasteiger partial charge in [0, 0.05) is 5.69 Å². The molecule has 2 N–H and O–H groups in total. The monoisotopic (exact) mass is 410 g/mol. The maximum absolute atomic E-state index is 12.7. The lowest BCUT2D eigenvalue weighted by Gasteiger charge is -2.15. The van der Waals surface area contributed by atoms with Crippen molar-refractivity contribution in [2.24, 2.45) is 0 Å². The van der Waals surface area contributed by atoms with Crippen LogP contribution in [0.4, 0.5) is 11.4 Å². The quantitative estimate of drug-likeness (QED) is 0.689. The van der Waals surface area contributed by atoms with Gasteiger partial charge in [0.05, 0.1) is 16.3 Å². The van der Waals surface area contributed by atoms with Gasteiger partial charge in [-0.3, -0.25) is 9.44 Å². The van der Waals surface area contributed by atoms with Crippen LogP contribution < -0.4 is 9.44 Å². The summed E-state index contributed by atoms with van der Waals surface area (Å²) < 4.78 is 54.3. The number of benzene rings is 2. The van der Waals surface area contributed by atoms with E-state index in [1.165, 1.54) is 24.3 Å². The molecule has 2 aromatic rings. The fourth-order valence-corrected chi connectivity index (χ4v) is 5.27. The Hall–Kier alpha value is -2.06. The zero-order valence-corrected chi connectivity index (χ0v) is 17.7. The summed E-state index contributed by atoms with van der Waals surface area (Å²) in [5.41, 5.74) is 3.65. The van der Waals surface area contributed by atoms with Crippen LogP contribution in [0.3, 0.4) is 0 Å². The van der Waals surface area contributed by atoms with Gasteiger partial charge in [-0.2, -0.15) is 0 Å². The number of hydrogen-bond donors (Lipinski definition) is 2. The van der Waals surface area contributed by atoms with E-state index >= 15 is 0 Å². The molecule has 0 aliphatic rings. The smallest absolute Gasteiger partial charge is 0.261 e. The van der Waals surface area contributed by atoms with Gasteiger partial charge >= 0.3 is 0 Å². The highest BCUT2D eigenvalue weighted by molar-refractivity contribution is 7.93. The Morgan fingerprint density at radius 1 is 0.852 bits per heavy atom. The molecule has 0 saturated carbocycles. The summed E-state index contributed by atoms with van der Waals surface area (Å²) in [5.74, 6) is 0.0388. The third-order valence-electron chi connectivity index (χ3n) is 4.12. The topological polar surface area (TPSA) is 92.3 Å². The van der Waals surface area contributed by atoms with Gasteiger partial charge in [-0.25, -0.2) is 16.8 Å². The van der Waals surface area contributed by atoms with Crippen molar-refractivity contribution in [2.75, 3.05) is 15.2 Å². The van der Waals surface area contributed by atoms with Crippen molar-refractivity contribution < 1.29 is 16.8 Å². The predicted octanol–water partition coefficient (Wildman–Crippen LogP) is 3.95. The minimum Gasteiger partial charge on any atom is -0.284 e. The molecule has 0 spiro atoms. The molecule has 148 valence electrons. The van der Waals surface area contributed by atoms with Crippen LogP contribution in [0, 0.1) is 20.8 Å². The minimum atomic E-state index is -3.77. The fourth-order valence-electron chi connectivity index (χ4n) is 2.80. The van der Waals surface area contributed by atoms with Crippen LogP contribution in [0.15, 0.2) is 41.3 Å². The number of unbranched alkanes of at least 4 members (excludes halogenated alkanes) is 1. The average molecular weight is 411 g/mol. The number of sulfonamides is 2. The molecule has 0 fully saturated rings. The summed E-state index contributed by atoms with van der Waals surface area (Å²) in [5, 5.41) is 0. The fraction of sp³-hybridized carbons (Fsp3) is 0.368. The van der Waals surface area contributed by atoms with Crippen molar-refractivity contribution >= 4 is 31.4 Å². The molecule has 8 heteroatoms. The standard InChI is InChI=1S/C19H26N2O4S2/c1-5-6-11-26(22,23)20-17-7-9-18(10-8-17)27(24,25)21-19-15(3)12-14(2)13-16(19)4/h7-10,12-13,20-21H,5-6,11H2,1-4H3. The second-order valence-electron chi connectivity index (χ2n) is 6.68. The van der Waals surface area contributed by atoms with E-state index in [1.807, 2.05) is 39.8 Å². The number of nitrogens with one attached hydrogen (secondary N) is 2. The molecule has 0 heterocycles. The first-order valence-electron chi connectivity index (χ1n) is 8.75. The van der Waals surface area contributed by atoms with E-state index in [-0.39, 0.29) is 10.6 Å². The van der Waals surface area contributed by atoms with Gasteiger partial charge in [0.25, 0.3) is 10.0 Å². The molecule has 27 heavy (non-hydrogen) atoms. The first-order valence-corrected chi connectivity index (χ1v) is 11.9. The Morgan fingerprint density at radius 2 is 1.41 bits per heavy atom. The highest BCUT2D eigenvalue weighted by atomic mass is 32.2. The Balaban J connectivity index is 2.21. The Kier molecular flexibility index (Phi) is 6.54. The summed E-state index contributed by atoms with van der Waals surface area (Å²) in [6.07, 6.45) is 1.35. The van der Waals surface area contributed by atoms with Crippen LogP contribution in [0.2, 0.25) is 0 Å². The maximum atomic E-state index is 12.7. The normalized spacial score (nSPS) is 12.0. The molecule has 0 aliphatic heterocycles. The summed E-state index contributed by atoms with van der Waals surface area (Å²) in [7, 11) is -7.20. The van der Waals surface area contributed by atoms with Crippen molar-refractivity contribution in [3.63, 3.8) is 0 Å². The zero-order valence-electron chi connectivity index (χ0n) is 16.0. The summed E-state index contributed by atoms with van der Waals surface area (Å²) in [4.78, 5) is 0.0679. The van der Waals surface area contributed by atoms with Crippen LogP contribution in [-0.2, 0) is 20.0 Å². The molecule has 0 saturated heterocycles. The summed E-state index contributed by atoms with van der Waals surface area (Å²) in [6.45, 7) is 7.58. The summed E-state index contributed by atoms with van der Waals surface area (Å²) >= 11 is 0. The van der Waals surface area contributed by atoms with Crippen LogP contribution in [0.25, 0.3) is 0 Å². The van der Waals surface area contributed by atoms with E-state index in [4.69, 9.17) is 0 Å². The molecular formula is C19H26N2O4S2. The SMILES string of the molecule is CCCCS(=O)(=O)Nc1ccc(S(=O)(=O)Nc2c(C)cc(C)cc2C)cc1. The van der Waals surface area contributed by atoms with Crippen molar-refractivity contribution in [3.8, 4) is 0 Å². The minimum absolute atomic E-state index is 0.0388. The van der Waals surface area contributed by atoms with Gasteiger partial charge in [-0.15, -0.1) is 0 Å². The molecule has 0 aliphatic carbocycles. The van der Waals surface area contributed by atoms with Crippen LogP contribution >= 0.6 is 0 Å². The lowest BCUT2D eigenvalue weighted by Crippen LogP contribution is -2.17. The van der Waals surface area contributed by atoms with E-state index in [9.17, 15) is 16.8 Å². The molecule has 0 amide bonds. The third kappa shape index (κ3) is 5.71. The largest absolute Gasteiger partial charge is 0.284 e. The average Bonchev–Trinajstić information content (AvgIpc) is 2.56. The van der Waals surface area contributed by atoms with Crippen molar-refractivity contribution in [3.05, 3.63) is 53.1 Å². The van der Waals surface area contributed by atoms with Crippen LogP contribution in [-0.4, -0.2) is 22.6 Å². The lowest BCUT2D eigenvalue weighted by atomic mass is 10.1. The van der Waals surface area contributed by atoms with Gasteiger partial charge < -0.3 is 0 Å². The van der Waals surface area contributed by atoms with E-state index in [0.29, 0.717) is 17.8 Å². The number of hydrogen-bond acceptors (Lipinski definition) is 4. The highest BCUT2D eigenvalue weighted by Crippen LogP contribution is 2.25.